The van der Waals surface area contributed by atoms with E-state index in [-0.39, 0.29) is 22.7 Å². The Kier molecular flexibility index (Phi) is 4.40. The molecule has 0 aliphatic rings. The minimum atomic E-state index is -0.295. The maximum atomic E-state index is 12.1. The molecule has 0 aliphatic heterocycles. The van der Waals surface area contributed by atoms with Gasteiger partial charge in [0.05, 0.1) is 16.6 Å². The molecule has 0 radical (unpaired) electrons. The molecule has 0 unspecified atom stereocenters. The lowest BCUT2D eigenvalue weighted by molar-refractivity contribution is 0.0939. The maximum Gasteiger partial charge on any atom is 0.254 e. The number of carbonyl (C=O) groups is 1. The second-order valence-corrected chi connectivity index (χ2v) is 4.89. The third kappa shape index (κ3) is 3.46. The molecule has 0 saturated carbocycles. The van der Waals surface area contributed by atoms with Crippen molar-refractivity contribution in [3.63, 3.8) is 0 Å². The molecule has 5 heteroatoms. The third-order valence-electron chi connectivity index (χ3n) is 2.70. The van der Waals surface area contributed by atoms with Gasteiger partial charge in [-0.2, -0.15) is 0 Å². The smallest absolute Gasteiger partial charge is 0.254 e. The number of nitrogens with zero attached hydrogens (tertiary/aromatic N) is 1. The van der Waals surface area contributed by atoms with Gasteiger partial charge in [-0.25, -0.2) is 4.98 Å². The van der Waals surface area contributed by atoms with Crippen LogP contribution in [0.15, 0.2) is 42.6 Å². The molecule has 3 nitrogen and oxygen atoms in total. The second-order valence-electron chi connectivity index (χ2n) is 4.10. The van der Waals surface area contributed by atoms with Gasteiger partial charge in [-0.15, -0.1) is 0 Å². The van der Waals surface area contributed by atoms with E-state index < -0.39 is 0 Å². The monoisotopic (exact) mass is 294 g/mol. The lowest BCUT2D eigenvalue weighted by Crippen LogP contribution is -2.27. The van der Waals surface area contributed by atoms with Crippen LogP contribution in [0.4, 0.5) is 0 Å². The summed E-state index contributed by atoms with van der Waals surface area (Å²) in [7, 11) is 0. The van der Waals surface area contributed by atoms with Crippen LogP contribution in [-0.2, 0) is 0 Å². The first kappa shape index (κ1) is 13.8. The van der Waals surface area contributed by atoms with Crippen LogP contribution in [0, 0.1) is 0 Å². The fourth-order valence-corrected chi connectivity index (χ4v) is 2.03. The van der Waals surface area contributed by atoms with Crippen LogP contribution in [-0.4, -0.2) is 10.9 Å². The Morgan fingerprint density at radius 3 is 2.63 bits per heavy atom. The van der Waals surface area contributed by atoms with E-state index in [0.29, 0.717) is 5.02 Å². The first-order chi connectivity index (χ1) is 9.08. The second kappa shape index (κ2) is 6.04. The van der Waals surface area contributed by atoms with Crippen LogP contribution in [0.25, 0.3) is 0 Å². The minimum Gasteiger partial charge on any atom is -0.345 e. The molecular weight excluding hydrogens is 283 g/mol. The molecule has 1 N–H and O–H groups in total. The summed E-state index contributed by atoms with van der Waals surface area (Å²) >= 11 is 11.7. The average Bonchev–Trinajstić information content (AvgIpc) is 2.42. The molecule has 1 heterocycles. The van der Waals surface area contributed by atoms with Gasteiger partial charge in [0.15, 0.2) is 0 Å². The molecule has 2 rings (SSSR count). The molecule has 1 aromatic carbocycles. The summed E-state index contributed by atoms with van der Waals surface area (Å²) in [6.45, 7) is 1.90. The summed E-state index contributed by atoms with van der Waals surface area (Å²) in [6, 6.07) is 11.0. The average molecular weight is 295 g/mol. The number of amides is 1. The Morgan fingerprint density at radius 1 is 1.26 bits per heavy atom. The summed E-state index contributed by atoms with van der Waals surface area (Å²) in [5.74, 6) is -0.295. The van der Waals surface area contributed by atoms with Crippen LogP contribution in [0.5, 0.6) is 0 Å². The topological polar surface area (TPSA) is 42.0 Å². The van der Waals surface area contributed by atoms with Gasteiger partial charge in [-0.3, -0.25) is 4.79 Å². The van der Waals surface area contributed by atoms with Crippen LogP contribution >= 0.6 is 23.2 Å². The van der Waals surface area contributed by atoms with Crippen molar-refractivity contribution in [2.24, 2.45) is 0 Å². The van der Waals surface area contributed by atoms with Gasteiger partial charge >= 0.3 is 0 Å². The van der Waals surface area contributed by atoms with Gasteiger partial charge in [0, 0.05) is 6.20 Å². The molecule has 0 spiro atoms. The van der Waals surface area contributed by atoms with Crippen LogP contribution in [0.3, 0.4) is 0 Å². The molecule has 1 aromatic heterocycles. The molecule has 2 aromatic rings. The van der Waals surface area contributed by atoms with Crippen molar-refractivity contribution >= 4 is 29.1 Å². The number of nitrogens with one attached hydrogen (secondary N) is 1. The van der Waals surface area contributed by atoms with Crippen molar-refractivity contribution in [1.29, 1.82) is 0 Å². The summed E-state index contributed by atoms with van der Waals surface area (Å²) in [5, 5.41) is 3.38. The Balaban J connectivity index is 2.15. The number of rotatable bonds is 3. The number of benzene rings is 1. The summed E-state index contributed by atoms with van der Waals surface area (Å²) in [5.41, 5.74) is 1.29. The number of halogens is 2. The number of hydrogen-bond donors (Lipinski definition) is 1. The highest BCUT2D eigenvalue weighted by Gasteiger charge is 2.15. The van der Waals surface area contributed by atoms with Crippen molar-refractivity contribution < 1.29 is 4.79 Å². The lowest BCUT2D eigenvalue weighted by Gasteiger charge is -2.14. The predicted octanol–water partition coefficient (Wildman–Crippen LogP) is 3.88. The van der Waals surface area contributed by atoms with E-state index >= 15 is 0 Å². The third-order valence-corrected chi connectivity index (χ3v) is 3.21. The van der Waals surface area contributed by atoms with Crippen molar-refractivity contribution in [2.75, 3.05) is 0 Å². The molecule has 19 heavy (non-hydrogen) atoms. The first-order valence-electron chi connectivity index (χ1n) is 5.75. The predicted molar refractivity (Wildman–Crippen MR) is 76.6 cm³/mol. The molecule has 0 aliphatic carbocycles. The van der Waals surface area contributed by atoms with E-state index in [4.69, 9.17) is 23.2 Å². The Labute approximate surface area is 121 Å². The molecular formula is C14H12Cl2N2O. The largest absolute Gasteiger partial charge is 0.345 e. The van der Waals surface area contributed by atoms with Crippen LogP contribution in [0.2, 0.25) is 10.2 Å². The van der Waals surface area contributed by atoms with Crippen molar-refractivity contribution in [3.8, 4) is 0 Å². The lowest BCUT2D eigenvalue weighted by atomic mass is 10.1. The van der Waals surface area contributed by atoms with Crippen molar-refractivity contribution in [1.82, 2.24) is 10.3 Å². The quantitative estimate of drug-likeness (QED) is 0.873. The standard InChI is InChI=1S/C14H12Cl2N2O/c1-9(10-5-3-2-4-6-10)18-14(19)12-7-11(15)8-17-13(12)16/h2-9H,1H3,(H,18,19)/t9-/m0/s1. The number of hydrogen-bond acceptors (Lipinski definition) is 2. The van der Waals surface area contributed by atoms with Gasteiger partial charge in [-0.05, 0) is 18.6 Å². The normalized spacial score (nSPS) is 11.9. The van der Waals surface area contributed by atoms with Crippen LogP contribution in [0.1, 0.15) is 28.9 Å². The molecule has 98 valence electrons. The van der Waals surface area contributed by atoms with Gasteiger partial charge in [0.25, 0.3) is 5.91 Å². The van der Waals surface area contributed by atoms with E-state index in [2.05, 4.69) is 10.3 Å². The SMILES string of the molecule is C[C@H](NC(=O)c1cc(Cl)cnc1Cl)c1ccccc1. The number of carbonyl (C=O) groups excluding carboxylic acids is 1. The zero-order chi connectivity index (χ0) is 13.8. The fourth-order valence-electron chi connectivity index (χ4n) is 1.68. The summed E-state index contributed by atoms with van der Waals surface area (Å²) in [4.78, 5) is 16.0. The van der Waals surface area contributed by atoms with E-state index in [9.17, 15) is 4.79 Å². The summed E-state index contributed by atoms with van der Waals surface area (Å²) in [6.07, 6.45) is 1.40. The fraction of sp³-hybridized carbons (Fsp3) is 0.143. The highest BCUT2D eigenvalue weighted by atomic mass is 35.5. The molecule has 1 atom stereocenters. The van der Waals surface area contributed by atoms with Gasteiger partial charge in [0.2, 0.25) is 0 Å². The van der Waals surface area contributed by atoms with Crippen molar-refractivity contribution in [3.05, 3.63) is 63.9 Å². The first-order valence-corrected chi connectivity index (χ1v) is 6.50. The molecule has 0 saturated heterocycles. The maximum absolute atomic E-state index is 12.1. The molecule has 0 bridgehead atoms. The molecule has 1 amide bonds. The van der Waals surface area contributed by atoms with E-state index in [0.717, 1.165) is 5.56 Å². The van der Waals surface area contributed by atoms with Gasteiger partial charge in [0.1, 0.15) is 5.15 Å². The zero-order valence-electron chi connectivity index (χ0n) is 10.2. The summed E-state index contributed by atoms with van der Waals surface area (Å²) < 4.78 is 0. The highest BCUT2D eigenvalue weighted by Crippen LogP contribution is 2.19. The van der Waals surface area contributed by atoms with Crippen molar-refractivity contribution in [2.45, 2.75) is 13.0 Å². The van der Waals surface area contributed by atoms with E-state index in [1.165, 1.54) is 12.3 Å². The number of pyridine rings is 1. The Bertz CT molecular complexity index is 587. The van der Waals surface area contributed by atoms with Crippen LogP contribution < -0.4 is 5.32 Å². The number of aromatic nitrogens is 1. The Hall–Kier alpha value is -1.58. The van der Waals surface area contributed by atoms with E-state index in [1.807, 2.05) is 37.3 Å². The highest BCUT2D eigenvalue weighted by molar-refractivity contribution is 6.34. The minimum absolute atomic E-state index is 0.122. The van der Waals surface area contributed by atoms with E-state index in [1.54, 1.807) is 0 Å². The Morgan fingerprint density at radius 2 is 1.95 bits per heavy atom. The van der Waals surface area contributed by atoms with Gasteiger partial charge < -0.3 is 5.32 Å². The molecule has 0 fully saturated rings. The van der Waals surface area contributed by atoms with Gasteiger partial charge in [-0.1, -0.05) is 53.5 Å². The zero-order valence-corrected chi connectivity index (χ0v) is 11.7.